The third-order valence-corrected chi connectivity index (χ3v) is 3.02. The predicted molar refractivity (Wildman–Crippen MR) is 67.5 cm³/mol. The molecule has 3 nitrogen and oxygen atoms in total. The van der Waals surface area contributed by atoms with Crippen LogP contribution in [-0.2, 0) is 0 Å². The average Bonchev–Trinajstić information content (AvgIpc) is 2.74. The van der Waals surface area contributed by atoms with Crippen LogP contribution in [0.15, 0.2) is 12.1 Å². The number of amides is 1. The summed E-state index contributed by atoms with van der Waals surface area (Å²) in [6, 6.07) is 3.68. The minimum absolute atomic E-state index is 0.0626. The first-order valence-corrected chi connectivity index (χ1v) is 6.05. The number of thiophene rings is 1. The Labute approximate surface area is 100 Å². The Bertz CT molecular complexity index is 414. The molecule has 0 bridgehead atoms. The van der Waals surface area contributed by atoms with Crippen LogP contribution in [0.1, 0.15) is 27.9 Å². The normalized spacial score (nSPS) is 9.44. The molecular formula is C12H16N2OS. The van der Waals surface area contributed by atoms with Crippen molar-refractivity contribution in [2.45, 2.75) is 13.3 Å². The van der Waals surface area contributed by atoms with Gasteiger partial charge in [0.2, 0.25) is 0 Å². The molecule has 0 atom stereocenters. The highest BCUT2D eigenvalue weighted by molar-refractivity contribution is 7.14. The molecular weight excluding hydrogens is 220 g/mol. The van der Waals surface area contributed by atoms with Crippen molar-refractivity contribution in [3.05, 3.63) is 21.9 Å². The molecule has 0 spiro atoms. The van der Waals surface area contributed by atoms with Gasteiger partial charge >= 0.3 is 0 Å². The van der Waals surface area contributed by atoms with Crippen LogP contribution >= 0.6 is 11.3 Å². The lowest BCUT2D eigenvalue weighted by molar-refractivity contribution is 0.0800. The maximum absolute atomic E-state index is 11.9. The fourth-order valence-corrected chi connectivity index (χ4v) is 2.16. The van der Waals surface area contributed by atoms with Gasteiger partial charge < -0.3 is 10.6 Å². The SMILES string of the molecule is CCCN(C)C(=O)c1ccc(C#CCN)s1. The van der Waals surface area contributed by atoms with E-state index in [1.807, 2.05) is 19.2 Å². The molecule has 0 radical (unpaired) electrons. The number of hydrogen-bond donors (Lipinski definition) is 1. The largest absolute Gasteiger partial charge is 0.341 e. The summed E-state index contributed by atoms with van der Waals surface area (Å²) in [5, 5.41) is 0. The molecule has 0 fully saturated rings. The summed E-state index contributed by atoms with van der Waals surface area (Å²) in [5.74, 6) is 5.76. The van der Waals surface area contributed by atoms with E-state index in [1.54, 1.807) is 4.90 Å². The molecule has 0 saturated heterocycles. The summed E-state index contributed by atoms with van der Waals surface area (Å²) in [6.45, 7) is 3.17. The summed E-state index contributed by atoms with van der Waals surface area (Å²) in [5.41, 5.74) is 5.29. The Hall–Kier alpha value is -1.31. The van der Waals surface area contributed by atoms with Gasteiger partial charge in [-0.15, -0.1) is 11.3 Å². The molecule has 1 aromatic rings. The minimum Gasteiger partial charge on any atom is -0.341 e. The van der Waals surface area contributed by atoms with Crippen molar-refractivity contribution in [3.63, 3.8) is 0 Å². The lowest BCUT2D eigenvalue weighted by Crippen LogP contribution is -2.26. The minimum atomic E-state index is 0.0626. The molecule has 1 heterocycles. The first-order valence-electron chi connectivity index (χ1n) is 5.23. The first-order chi connectivity index (χ1) is 7.69. The van der Waals surface area contributed by atoms with E-state index in [4.69, 9.17) is 5.73 Å². The molecule has 2 N–H and O–H groups in total. The van der Waals surface area contributed by atoms with E-state index in [1.165, 1.54) is 11.3 Å². The summed E-state index contributed by atoms with van der Waals surface area (Å²) in [7, 11) is 1.82. The Balaban J connectivity index is 2.74. The Morgan fingerprint density at radius 3 is 2.94 bits per heavy atom. The topological polar surface area (TPSA) is 46.3 Å². The fourth-order valence-electron chi connectivity index (χ4n) is 1.28. The van der Waals surface area contributed by atoms with Crippen molar-refractivity contribution in [1.29, 1.82) is 0 Å². The summed E-state index contributed by atoms with van der Waals surface area (Å²) >= 11 is 1.41. The van der Waals surface area contributed by atoms with Crippen LogP contribution in [0.3, 0.4) is 0 Å². The summed E-state index contributed by atoms with van der Waals surface area (Å²) < 4.78 is 0. The number of nitrogens with two attached hydrogens (primary N) is 1. The zero-order valence-electron chi connectivity index (χ0n) is 9.62. The molecule has 0 saturated carbocycles. The number of rotatable bonds is 3. The van der Waals surface area contributed by atoms with Gasteiger partial charge in [0.1, 0.15) is 0 Å². The third-order valence-electron chi connectivity index (χ3n) is 2.04. The lowest BCUT2D eigenvalue weighted by atomic mass is 10.3. The van der Waals surface area contributed by atoms with Crippen LogP contribution in [0.5, 0.6) is 0 Å². The monoisotopic (exact) mass is 236 g/mol. The van der Waals surface area contributed by atoms with Crippen molar-refractivity contribution < 1.29 is 4.79 Å². The third kappa shape index (κ3) is 3.37. The zero-order valence-corrected chi connectivity index (χ0v) is 10.4. The highest BCUT2D eigenvalue weighted by Crippen LogP contribution is 2.17. The highest BCUT2D eigenvalue weighted by Gasteiger charge is 2.12. The van der Waals surface area contributed by atoms with Crippen LogP contribution in [0, 0.1) is 11.8 Å². The molecule has 0 aliphatic rings. The van der Waals surface area contributed by atoms with Crippen LogP contribution in [0.25, 0.3) is 0 Å². The van der Waals surface area contributed by atoms with Gasteiger partial charge in [0.15, 0.2) is 0 Å². The van der Waals surface area contributed by atoms with Gasteiger partial charge in [0.05, 0.1) is 16.3 Å². The van der Waals surface area contributed by atoms with Crippen LogP contribution < -0.4 is 5.73 Å². The van der Waals surface area contributed by atoms with Gasteiger partial charge in [-0.05, 0) is 18.6 Å². The Morgan fingerprint density at radius 2 is 2.31 bits per heavy atom. The van der Waals surface area contributed by atoms with Gasteiger partial charge in [-0.2, -0.15) is 0 Å². The molecule has 1 rings (SSSR count). The highest BCUT2D eigenvalue weighted by atomic mass is 32.1. The van der Waals surface area contributed by atoms with E-state index in [-0.39, 0.29) is 5.91 Å². The Kier molecular flexibility index (Phi) is 5.03. The van der Waals surface area contributed by atoms with Gasteiger partial charge in [-0.25, -0.2) is 0 Å². The van der Waals surface area contributed by atoms with Crippen LogP contribution in [0.2, 0.25) is 0 Å². The molecule has 16 heavy (non-hydrogen) atoms. The average molecular weight is 236 g/mol. The summed E-state index contributed by atoms with van der Waals surface area (Å²) in [4.78, 5) is 15.2. The van der Waals surface area contributed by atoms with Gasteiger partial charge in [-0.1, -0.05) is 18.8 Å². The summed E-state index contributed by atoms with van der Waals surface area (Å²) in [6.07, 6.45) is 0.966. The molecule has 0 unspecified atom stereocenters. The van der Waals surface area contributed by atoms with Crippen LogP contribution in [-0.4, -0.2) is 30.9 Å². The predicted octanol–water partition coefficient (Wildman–Crippen LogP) is 1.54. The van der Waals surface area contributed by atoms with Crippen LogP contribution in [0.4, 0.5) is 0 Å². The molecule has 86 valence electrons. The van der Waals surface area contributed by atoms with Crippen molar-refractivity contribution in [1.82, 2.24) is 4.90 Å². The van der Waals surface area contributed by atoms with E-state index in [0.717, 1.165) is 22.7 Å². The molecule has 1 aromatic heterocycles. The van der Waals surface area contributed by atoms with Gasteiger partial charge in [0, 0.05) is 13.6 Å². The molecule has 0 aliphatic carbocycles. The lowest BCUT2D eigenvalue weighted by Gasteiger charge is -2.14. The fraction of sp³-hybridized carbons (Fsp3) is 0.417. The maximum Gasteiger partial charge on any atom is 0.263 e. The van der Waals surface area contributed by atoms with E-state index in [9.17, 15) is 4.79 Å². The number of nitrogens with zero attached hydrogens (tertiary/aromatic N) is 1. The molecule has 0 aromatic carbocycles. The number of carbonyl (C=O) groups is 1. The molecule has 1 amide bonds. The van der Waals surface area contributed by atoms with E-state index >= 15 is 0 Å². The standard InChI is InChI=1S/C12H16N2OS/c1-3-9-14(2)12(15)11-7-6-10(16-11)5-4-8-13/h6-7H,3,8-9,13H2,1-2H3. The second kappa shape index (κ2) is 6.31. The first kappa shape index (κ1) is 12.8. The molecule has 0 aliphatic heterocycles. The van der Waals surface area contributed by atoms with E-state index in [0.29, 0.717) is 6.54 Å². The van der Waals surface area contributed by atoms with E-state index in [2.05, 4.69) is 18.8 Å². The Morgan fingerprint density at radius 1 is 1.56 bits per heavy atom. The number of carbonyl (C=O) groups excluding carboxylic acids is 1. The second-order valence-electron chi connectivity index (χ2n) is 3.40. The second-order valence-corrected chi connectivity index (χ2v) is 4.48. The van der Waals surface area contributed by atoms with Gasteiger partial charge in [0.25, 0.3) is 5.91 Å². The zero-order chi connectivity index (χ0) is 12.0. The van der Waals surface area contributed by atoms with Crippen molar-refractivity contribution in [2.24, 2.45) is 5.73 Å². The van der Waals surface area contributed by atoms with Crippen molar-refractivity contribution >= 4 is 17.2 Å². The molecule has 4 heteroatoms. The smallest absolute Gasteiger partial charge is 0.263 e. The van der Waals surface area contributed by atoms with Crippen molar-refractivity contribution in [2.75, 3.05) is 20.1 Å². The van der Waals surface area contributed by atoms with Gasteiger partial charge in [-0.3, -0.25) is 4.79 Å². The quantitative estimate of drug-likeness (QED) is 0.809. The maximum atomic E-state index is 11.9. The van der Waals surface area contributed by atoms with E-state index < -0.39 is 0 Å². The van der Waals surface area contributed by atoms with Crippen molar-refractivity contribution in [3.8, 4) is 11.8 Å². The number of hydrogen-bond acceptors (Lipinski definition) is 3.